The number of oxazole rings is 1. The molecule has 0 N–H and O–H groups in total. The molecule has 0 spiro atoms. The van der Waals surface area contributed by atoms with E-state index in [2.05, 4.69) is 4.98 Å². The molecule has 1 amide bonds. The van der Waals surface area contributed by atoms with Gasteiger partial charge in [0, 0.05) is 18.7 Å². The number of ether oxygens (including phenoxy) is 1. The van der Waals surface area contributed by atoms with E-state index in [1.54, 1.807) is 4.90 Å². The van der Waals surface area contributed by atoms with Crippen molar-refractivity contribution in [3.8, 4) is 11.3 Å². The molecule has 0 aliphatic carbocycles. The van der Waals surface area contributed by atoms with Crippen molar-refractivity contribution in [2.24, 2.45) is 0 Å². The molecule has 2 aromatic rings. The van der Waals surface area contributed by atoms with Crippen molar-refractivity contribution < 1.29 is 13.9 Å². The maximum absolute atomic E-state index is 12.4. The van der Waals surface area contributed by atoms with Crippen LogP contribution >= 0.6 is 0 Å². The summed E-state index contributed by atoms with van der Waals surface area (Å²) in [7, 11) is 0. The molecule has 5 heteroatoms. The Labute approximate surface area is 110 Å². The predicted octanol–water partition coefficient (Wildman–Crippen LogP) is 1.81. The first-order valence-corrected chi connectivity index (χ1v) is 6.22. The third-order valence-electron chi connectivity index (χ3n) is 3.11. The normalized spacial score (nSPS) is 15.5. The maximum atomic E-state index is 12.4. The van der Waals surface area contributed by atoms with Crippen LogP contribution in [0.5, 0.6) is 0 Å². The molecule has 1 aromatic heterocycles. The summed E-state index contributed by atoms with van der Waals surface area (Å²) in [5, 5.41) is 0. The molecule has 0 radical (unpaired) electrons. The van der Waals surface area contributed by atoms with Crippen LogP contribution < -0.4 is 0 Å². The van der Waals surface area contributed by atoms with Crippen molar-refractivity contribution in [1.29, 1.82) is 0 Å². The number of benzene rings is 1. The van der Waals surface area contributed by atoms with Crippen LogP contribution in [0.3, 0.4) is 0 Å². The van der Waals surface area contributed by atoms with Gasteiger partial charge in [0.15, 0.2) is 6.39 Å². The van der Waals surface area contributed by atoms with Gasteiger partial charge in [-0.25, -0.2) is 4.98 Å². The SMILES string of the molecule is O=C(c1ocnc1-c1ccccc1)N1CCOCC1. The Morgan fingerprint density at radius 2 is 1.89 bits per heavy atom. The molecule has 1 fully saturated rings. The topological polar surface area (TPSA) is 55.6 Å². The van der Waals surface area contributed by atoms with Gasteiger partial charge in [-0.2, -0.15) is 0 Å². The van der Waals surface area contributed by atoms with E-state index in [1.165, 1.54) is 6.39 Å². The second-order valence-corrected chi connectivity index (χ2v) is 4.30. The van der Waals surface area contributed by atoms with Crippen LogP contribution in [0.2, 0.25) is 0 Å². The number of carbonyl (C=O) groups excluding carboxylic acids is 1. The first kappa shape index (κ1) is 11.9. The minimum Gasteiger partial charge on any atom is -0.438 e. The average molecular weight is 258 g/mol. The van der Waals surface area contributed by atoms with E-state index in [0.717, 1.165) is 5.56 Å². The summed E-state index contributed by atoms with van der Waals surface area (Å²) in [4.78, 5) is 18.3. The van der Waals surface area contributed by atoms with Crippen LogP contribution in [0.15, 0.2) is 41.1 Å². The number of hydrogen-bond acceptors (Lipinski definition) is 4. The smallest absolute Gasteiger partial charge is 0.292 e. The number of carbonyl (C=O) groups is 1. The third-order valence-corrected chi connectivity index (χ3v) is 3.11. The molecule has 3 rings (SSSR count). The fourth-order valence-electron chi connectivity index (χ4n) is 2.11. The lowest BCUT2D eigenvalue weighted by atomic mass is 10.1. The molecule has 0 unspecified atom stereocenters. The highest BCUT2D eigenvalue weighted by atomic mass is 16.5. The average Bonchev–Trinajstić information content (AvgIpc) is 2.98. The monoisotopic (exact) mass is 258 g/mol. The zero-order valence-electron chi connectivity index (χ0n) is 10.4. The zero-order chi connectivity index (χ0) is 13.1. The second kappa shape index (κ2) is 5.24. The van der Waals surface area contributed by atoms with Crippen molar-refractivity contribution in [3.63, 3.8) is 0 Å². The van der Waals surface area contributed by atoms with Crippen molar-refractivity contribution in [2.45, 2.75) is 0 Å². The summed E-state index contributed by atoms with van der Waals surface area (Å²) in [6.07, 6.45) is 1.32. The van der Waals surface area contributed by atoms with Crippen LogP contribution in [0.4, 0.5) is 0 Å². The zero-order valence-corrected chi connectivity index (χ0v) is 10.4. The Morgan fingerprint density at radius 3 is 2.63 bits per heavy atom. The molecule has 5 nitrogen and oxygen atoms in total. The summed E-state index contributed by atoms with van der Waals surface area (Å²) in [6.45, 7) is 2.32. The minimum absolute atomic E-state index is 0.125. The number of aromatic nitrogens is 1. The van der Waals surface area contributed by atoms with Crippen molar-refractivity contribution in [2.75, 3.05) is 26.3 Å². The van der Waals surface area contributed by atoms with Gasteiger partial charge in [-0.05, 0) is 0 Å². The molecule has 0 bridgehead atoms. The fraction of sp³-hybridized carbons (Fsp3) is 0.286. The van der Waals surface area contributed by atoms with Crippen LogP contribution in [-0.4, -0.2) is 42.1 Å². The summed E-state index contributed by atoms with van der Waals surface area (Å²) in [5.74, 6) is 0.174. The van der Waals surface area contributed by atoms with Crippen LogP contribution in [-0.2, 0) is 4.74 Å². The first-order valence-electron chi connectivity index (χ1n) is 6.22. The van der Waals surface area contributed by atoms with E-state index >= 15 is 0 Å². The molecule has 2 heterocycles. The Kier molecular flexibility index (Phi) is 3.29. The molecule has 19 heavy (non-hydrogen) atoms. The second-order valence-electron chi connectivity index (χ2n) is 4.30. The van der Waals surface area contributed by atoms with E-state index in [-0.39, 0.29) is 5.91 Å². The highest BCUT2D eigenvalue weighted by Crippen LogP contribution is 2.23. The summed E-state index contributed by atoms with van der Waals surface area (Å²) >= 11 is 0. The molecular weight excluding hydrogens is 244 g/mol. The lowest BCUT2D eigenvalue weighted by Crippen LogP contribution is -2.40. The third kappa shape index (κ3) is 2.37. The molecule has 98 valence electrons. The summed E-state index contributed by atoms with van der Waals surface area (Å²) in [6, 6.07) is 9.56. The standard InChI is InChI=1S/C14H14N2O3/c17-14(16-6-8-18-9-7-16)13-12(15-10-19-13)11-4-2-1-3-5-11/h1-5,10H,6-9H2. The molecule has 1 saturated heterocycles. The number of morpholine rings is 1. The lowest BCUT2D eigenvalue weighted by Gasteiger charge is -2.26. The Hall–Kier alpha value is -2.14. The number of rotatable bonds is 2. The molecule has 1 aliphatic heterocycles. The first-order chi connectivity index (χ1) is 9.36. The number of hydrogen-bond donors (Lipinski definition) is 0. The van der Waals surface area contributed by atoms with Gasteiger partial charge in [0.05, 0.1) is 13.2 Å². The van der Waals surface area contributed by atoms with Gasteiger partial charge in [0.2, 0.25) is 5.76 Å². The van der Waals surface area contributed by atoms with Gasteiger partial charge in [-0.15, -0.1) is 0 Å². The van der Waals surface area contributed by atoms with E-state index in [1.807, 2.05) is 30.3 Å². The lowest BCUT2D eigenvalue weighted by molar-refractivity contribution is 0.0283. The van der Waals surface area contributed by atoms with Crippen LogP contribution in [0.1, 0.15) is 10.6 Å². The highest BCUT2D eigenvalue weighted by molar-refractivity contribution is 5.97. The van der Waals surface area contributed by atoms with Gasteiger partial charge >= 0.3 is 0 Å². The van der Waals surface area contributed by atoms with Crippen LogP contribution in [0, 0.1) is 0 Å². The van der Waals surface area contributed by atoms with Gasteiger partial charge in [0.1, 0.15) is 5.69 Å². The summed E-state index contributed by atoms with van der Waals surface area (Å²) < 4.78 is 10.5. The van der Waals surface area contributed by atoms with Gasteiger partial charge in [-0.1, -0.05) is 30.3 Å². The molecule has 0 atom stereocenters. The Morgan fingerprint density at radius 1 is 1.16 bits per heavy atom. The Bertz CT molecular complexity index is 559. The van der Waals surface area contributed by atoms with E-state index in [9.17, 15) is 4.79 Å². The van der Waals surface area contributed by atoms with Gasteiger partial charge in [0.25, 0.3) is 5.91 Å². The highest BCUT2D eigenvalue weighted by Gasteiger charge is 2.25. The quantitative estimate of drug-likeness (QED) is 0.824. The molecule has 1 aromatic carbocycles. The van der Waals surface area contributed by atoms with Gasteiger partial charge in [-0.3, -0.25) is 4.79 Å². The number of amides is 1. The molecule has 0 saturated carbocycles. The maximum Gasteiger partial charge on any atom is 0.292 e. The van der Waals surface area contributed by atoms with E-state index in [4.69, 9.17) is 9.15 Å². The van der Waals surface area contributed by atoms with E-state index < -0.39 is 0 Å². The van der Waals surface area contributed by atoms with Gasteiger partial charge < -0.3 is 14.1 Å². The summed E-state index contributed by atoms with van der Waals surface area (Å²) in [5.41, 5.74) is 1.48. The van der Waals surface area contributed by atoms with Crippen molar-refractivity contribution >= 4 is 5.91 Å². The minimum atomic E-state index is -0.125. The fourth-order valence-corrected chi connectivity index (χ4v) is 2.11. The number of nitrogens with zero attached hydrogens (tertiary/aromatic N) is 2. The van der Waals surface area contributed by atoms with Crippen molar-refractivity contribution in [3.05, 3.63) is 42.5 Å². The van der Waals surface area contributed by atoms with Crippen LogP contribution in [0.25, 0.3) is 11.3 Å². The molecule has 1 aliphatic rings. The Balaban J connectivity index is 1.89. The van der Waals surface area contributed by atoms with Crippen molar-refractivity contribution in [1.82, 2.24) is 9.88 Å². The predicted molar refractivity (Wildman–Crippen MR) is 68.7 cm³/mol. The molecular formula is C14H14N2O3. The largest absolute Gasteiger partial charge is 0.438 e. The van der Waals surface area contributed by atoms with E-state index in [0.29, 0.717) is 37.8 Å².